The van der Waals surface area contributed by atoms with Gasteiger partial charge in [-0.3, -0.25) is 9.10 Å². The van der Waals surface area contributed by atoms with Gasteiger partial charge in [0.15, 0.2) is 0 Å². The van der Waals surface area contributed by atoms with Crippen molar-refractivity contribution in [2.45, 2.75) is 25.9 Å². The van der Waals surface area contributed by atoms with Crippen molar-refractivity contribution in [1.29, 1.82) is 0 Å². The van der Waals surface area contributed by atoms with E-state index in [-0.39, 0.29) is 11.9 Å². The molecule has 28 heavy (non-hydrogen) atoms. The van der Waals surface area contributed by atoms with E-state index in [1.807, 2.05) is 37.3 Å². The highest BCUT2D eigenvalue weighted by Gasteiger charge is 2.33. The van der Waals surface area contributed by atoms with Crippen molar-refractivity contribution >= 4 is 43.2 Å². The van der Waals surface area contributed by atoms with Crippen LogP contribution in [0.1, 0.15) is 27.9 Å². The van der Waals surface area contributed by atoms with E-state index in [1.165, 1.54) is 10.6 Å². The van der Waals surface area contributed by atoms with E-state index in [4.69, 9.17) is 0 Å². The Labute approximate surface area is 168 Å². The van der Waals surface area contributed by atoms with Gasteiger partial charge in [-0.25, -0.2) is 13.4 Å². The zero-order valence-corrected chi connectivity index (χ0v) is 17.5. The first-order valence-electron chi connectivity index (χ1n) is 8.96. The number of para-hydroxylation sites is 1. The summed E-state index contributed by atoms with van der Waals surface area (Å²) >= 11 is 1.58. The molecule has 1 amide bonds. The number of anilines is 1. The second-order valence-electron chi connectivity index (χ2n) is 7.19. The molecular weight excluding hydrogens is 394 g/mol. The minimum Gasteiger partial charge on any atom is -0.335 e. The van der Waals surface area contributed by atoms with E-state index in [0.717, 1.165) is 20.8 Å². The number of hydrogen-bond acceptors (Lipinski definition) is 5. The summed E-state index contributed by atoms with van der Waals surface area (Å²) in [4.78, 5) is 19.1. The molecule has 0 bridgehead atoms. The number of carbonyl (C=O) groups is 1. The molecule has 0 unspecified atom stereocenters. The van der Waals surface area contributed by atoms with Gasteiger partial charge >= 0.3 is 0 Å². The average Bonchev–Trinajstić information content (AvgIpc) is 3.18. The number of rotatable bonds is 4. The van der Waals surface area contributed by atoms with Crippen LogP contribution in [0.2, 0.25) is 0 Å². The lowest BCUT2D eigenvalue weighted by atomic mass is 10.1. The maximum absolute atomic E-state index is 12.9. The molecule has 1 atom stereocenters. The second kappa shape index (κ2) is 6.86. The summed E-state index contributed by atoms with van der Waals surface area (Å²) in [6, 6.07) is 13.0. The molecular formula is C20H21N3O3S2. The minimum absolute atomic E-state index is 0.104. The Bertz CT molecular complexity index is 1140. The molecule has 2 heterocycles. The van der Waals surface area contributed by atoms with Gasteiger partial charge in [-0.05, 0) is 49.2 Å². The molecule has 4 rings (SSSR count). The molecule has 1 aliphatic rings. The molecule has 0 spiro atoms. The van der Waals surface area contributed by atoms with Crippen LogP contribution in [0, 0.1) is 0 Å². The molecule has 0 fully saturated rings. The number of hydrogen-bond donors (Lipinski definition) is 0. The molecule has 0 aliphatic carbocycles. The van der Waals surface area contributed by atoms with Crippen LogP contribution in [0.5, 0.6) is 0 Å². The van der Waals surface area contributed by atoms with Crippen molar-refractivity contribution < 1.29 is 13.2 Å². The maximum Gasteiger partial charge on any atom is 0.253 e. The van der Waals surface area contributed by atoms with Crippen LogP contribution in [0.15, 0.2) is 42.5 Å². The van der Waals surface area contributed by atoms with Gasteiger partial charge in [0.1, 0.15) is 5.01 Å². The number of nitrogens with zero attached hydrogens (tertiary/aromatic N) is 3. The monoisotopic (exact) mass is 415 g/mol. The normalized spacial score (nSPS) is 16.4. The molecule has 0 radical (unpaired) electrons. The molecule has 8 heteroatoms. The fourth-order valence-electron chi connectivity index (χ4n) is 3.72. The summed E-state index contributed by atoms with van der Waals surface area (Å²) in [7, 11) is -1.58. The number of benzene rings is 2. The number of aromatic nitrogens is 1. The topological polar surface area (TPSA) is 70.6 Å². The van der Waals surface area contributed by atoms with Crippen LogP contribution in [0.4, 0.5) is 5.69 Å². The van der Waals surface area contributed by atoms with Crippen molar-refractivity contribution in [1.82, 2.24) is 9.88 Å². The Kier molecular flexibility index (Phi) is 4.63. The number of amides is 1. The third-order valence-electron chi connectivity index (χ3n) is 4.89. The van der Waals surface area contributed by atoms with Gasteiger partial charge in [0, 0.05) is 18.7 Å². The van der Waals surface area contributed by atoms with E-state index >= 15 is 0 Å². The van der Waals surface area contributed by atoms with E-state index < -0.39 is 10.0 Å². The smallest absolute Gasteiger partial charge is 0.253 e. The van der Waals surface area contributed by atoms with Crippen LogP contribution in [0.25, 0.3) is 10.2 Å². The van der Waals surface area contributed by atoms with E-state index in [0.29, 0.717) is 24.2 Å². The molecule has 0 N–H and O–H groups in total. The third-order valence-corrected chi connectivity index (χ3v) is 7.19. The van der Waals surface area contributed by atoms with Crippen LogP contribution in [-0.4, -0.2) is 43.6 Å². The van der Waals surface area contributed by atoms with Gasteiger partial charge in [0.25, 0.3) is 5.91 Å². The zero-order chi connectivity index (χ0) is 20.1. The Hall–Kier alpha value is -2.45. The highest BCUT2D eigenvalue weighted by Crippen LogP contribution is 2.35. The summed E-state index contributed by atoms with van der Waals surface area (Å²) in [5.41, 5.74) is 3.05. The van der Waals surface area contributed by atoms with Gasteiger partial charge in [0.05, 0.1) is 28.7 Å². The van der Waals surface area contributed by atoms with Gasteiger partial charge < -0.3 is 4.90 Å². The quantitative estimate of drug-likeness (QED) is 0.656. The largest absolute Gasteiger partial charge is 0.335 e. The van der Waals surface area contributed by atoms with Gasteiger partial charge in [-0.2, -0.15) is 0 Å². The van der Waals surface area contributed by atoms with Crippen molar-refractivity contribution in [2.75, 3.05) is 17.6 Å². The van der Waals surface area contributed by atoms with Gasteiger partial charge in [0.2, 0.25) is 10.0 Å². The Morgan fingerprint density at radius 3 is 2.75 bits per heavy atom. The number of carbonyl (C=O) groups excluding carboxylic acids is 1. The standard InChI is InChI=1S/C20H21N3O3S2/c1-13-10-15-11-14(8-9-17(15)23(13)28(3,25)26)20(24)22(2)12-19-21-16-6-4-5-7-18(16)27-19/h4-9,11,13H,10,12H2,1-3H3/t13-/m1/s1. The molecule has 0 saturated heterocycles. The molecule has 1 aromatic heterocycles. The Balaban J connectivity index is 1.56. The lowest BCUT2D eigenvalue weighted by Crippen LogP contribution is -2.34. The third kappa shape index (κ3) is 3.38. The highest BCUT2D eigenvalue weighted by atomic mass is 32.2. The predicted molar refractivity (Wildman–Crippen MR) is 112 cm³/mol. The first-order valence-corrected chi connectivity index (χ1v) is 11.6. The molecule has 3 aromatic rings. The Morgan fingerprint density at radius 1 is 1.29 bits per heavy atom. The van der Waals surface area contributed by atoms with Crippen molar-refractivity contribution in [3.8, 4) is 0 Å². The van der Waals surface area contributed by atoms with Crippen LogP contribution < -0.4 is 4.31 Å². The zero-order valence-electron chi connectivity index (χ0n) is 15.9. The van der Waals surface area contributed by atoms with Crippen molar-refractivity contribution in [3.05, 3.63) is 58.6 Å². The van der Waals surface area contributed by atoms with Crippen molar-refractivity contribution in [3.63, 3.8) is 0 Å². The predicted octanol–water partition coefficient (Wildman–Crippen LogP) is 3.28. The van der Waals surface area contributed by atoms with Gasteiger partial charge in [-0.1, -0.05) is 12.1 Å². The summed E-state index contributed by atoms with van der Waals surface area (Å²) in [6.07, 6.45) is 1.81. The first-order chi connectivity index (χ1) is 13.2. The SMILES string of the molecule is C[C@@H]1Cc2cc(C(=O)N(C)Cc3nc4ccccc4s3)ccc2N1S(C)(=O)=O. The number of thiazole rings is 1. The number of fused-ring (bicyclic) bond motifs is 2. The van der Waals surface area contributed by atoms with E-state index in [2.05, 4.69) is 4.98 Å². The lowest BCUT2D eigenvalue weighted by Gasteiger charge is -2.22. The molecule has 146 valence electrons. The second-order valence-corrected chi connectivity index (χ2v) is 10.2. The summed E-state index contributed by atoms with van der Waals surface area (Å²) in [5, 5.41) is 0.884. The number of sulfonamides is 1. The van der Waals surface area contributed by atoms with E-state index in [9.17, 15) is 13.2 Å². The molecule has 2 aromatic carbocycles. The highest BCUT2D eigenvalue weighted by molar-refractivity contribution is 7.92. The average molecular weight is 416 g/mol. The fraction of sp³-hybridized carbons (Fsp3) is 0.300. The maximum atomic E-state index is 12.9. The molecule has 0 saturated carbocycles. The summed E-state index contributed by atoms with van der Waals surface area (Å²) < 4.78 is 26.6. The lowest BCUT2D eigenvalue weighted by molar-refractivity contribution is 0.0785. The Morgan fingerprint density at radius 2 is 2.04 bits per heavy atom. The summed E-state index contributed by atoms with van der Waals surface area (Å²) in [6.45, 7) is 2.31. The fourth-order valence-corrected chi connectivity index (χ4v) is 6.01. The molecule has 1 aliphatic heterocycles. The molecule has 6 nitrogen and oxygen atoms in total. The van der Waals surface area contributed by atoms with Crippen molar-refractivity contribution in [2.24, 2.45) is 0 Å². The summed E-state index contributed by atoms with van der Waals surface area (Å²) in [5.74, 6) is -0.104. The first kappa shape index (κ1) is 18.9. The van der Waals surface area contributed by atoms with E-state index in [1.54, 1.807) is 35.4 Å². The van der Waals surface area contributed by atoms with Crippen LogP contribution >= 0.6 is 11.3 Å². The minimum atomic E-state index is -3.34. The van der Waals surface area contributed by atoms with Crippen LogP contribution in [-0.2, 0) is 23.0 Å². The van der Waals surface area contributed by atoms with Crippen LogP contribution in [0.3, 0.4) is 0 Å². The van der Waals surface area contributed by atoms with Gasteiger partial charge in [-0.15, -0.1) is 11.3 Å².